The highest BCUT2D eigenvalue weighted by Gasteiger charge is 2.25. The van der Waals surface area contributed by atoms with E-state index >= 15 is 0 Å². The van der Waals surface area contributed by atoms with E-state index in [2.05, 4.69) is 20.8 Å². The topological polar surface area (TPSA) is 40.5 Å². The summed E-state index contributed by atoms with van der Waals surface area (Å²) in [6, 6.07) is 4.84. The summed E-state index contributed by atoms with van der Waals surface area (Å²) >= 11 is 5.94. The number of hydrogen-bond donors (Lipinski definition) is 1. The quantitative estimate of drug-likeness (QED) is 0.893. The van der Waals surface area contributed by atoms with Crippen molar-refractivity contribution in [3.8, 4) is 0 Å². The number of anilines is 1. The highest BCUT2D eigenvalue weighted by molar-refractivity contribution is 6.31. The normalized spacial score (nSPS) is 11.4. The third-order valence-corrected chi connectivity index (χ3v) is 3.56. The fourth-order valence-corrected chi connectivity index (χ4v) is 1.69. The van der Waals surface area contributed by atoms with E-state index in [1.165, 1.54) is 0 Å². The average Bonchev–Trinajstić information content (AvgIpc) is 2.27. The summed E-state index contributed by atoms with van der Waals surface area (Å²) in [7, 11) is 1.89. The monoisotopic (exact) mass is 255 g/mol. The highest BCUT2D eigenvalue weighted by atomic mass is 35.5. The number of aromatic carboxylic acids is 1. The zero-order valence-corrected chi connectivity index (χ0v) is 11.4. The molecule has 17 heavy (non-hydrogen) atoms. The molecule has 0 aromatic heterocycles. The van der Waals surface area contributed by atoms with Gasteiger partial charge in [-0.05, 0) is 38.5 Å². The van der Waals surface area contributed by atoms with Crippen molar-refractivity contribution in [3.05, 3.63) is 28.8 Å². The van der Waals surface area contributed by atoms with Crippen molar-refractivity contribution in [1.29, 1.82) is 0 Å². The lowest BCUT2D eigenvalue weighted by Gasteiger charge is -2.37. The zero-order chi connectivity index (χ0) is 13.2. The maximum Gasteiger partial charge on any atom is 0.337 e. The van der Waals surface area contributed by atoms with Crippen LogP contribution in [0.25, 0.3) is 0 Å². The summed E-state index contributed by atoms with van der Waals surface area (Å²) < 4.78 is 0. The number of nitrogens with zero attached hydrogens (tertiary/aromatic N) is 1. The number of carboxylic acids is 1. The molecule has 1 aromatic carbocycles. The van der Waals surface area contributed by atoms with Crippen molar-refractivity contribution in [3.63, 3.8) is 0 Å². The van der Waals surface area contributed by atoms with Gasteiger partial charge in [-0.25, -0.2) is 4.79 Å². The lowest BCUT2D eigenvalue weighted by atomic mass is 9.98. The molecule has 94 valence electrons. The van der Waals surface area contributed by atoms with Gasteiger partial charge in [0.1, 0.15) is 0 Å². The molecule has 0 spiro atoms. The van der Waals surface area contributed by atoms with Gasteiger partial charge < -0.3 is 10.0 Å². The van der Waals surface area contributed by atoms with Crippen molar-refractivity contribution in [2.24, 2.45) is 0 Å². The Kier molecular flexibility index (Phi) is 4.04. The lowest BCUT2D eigenvalue weighted by Crippen LogP contribution is -2.41. The third kappa shape index (κ3) is 2.91. The fraction of sp³-hybridized carbons (Fsp3) is 0.462. The maximum absolute atomic E-state index is 11.2. The lowest BCUT2D eigenvalue weighted by molar-refractivity contribution is 0.0697. The molecule has 4 heteroatoms. The van der Waals surface area contributed by atoms with E-state index in [0.29, 0.717) is 10.7 Å². The third-order valence-electron chi connectivity index (χ3n) is 3.32. The van der Waals surface area contributed by atoms with Crippen molar-refractivity contribution in [1.82, 2.24) is 0 Å². The molecule has 0 saturated carbocycles. The van der Waals surface area contributed by atoms with Crippen LogP contribution in [0.2, 0.25) is 5.02 Å². The van der Waals surface area contributed by atoms with Crippen LogP contribution in [0.5, 0.6) is 0 Å². The van der Waals surface area contributed by atoms with Gasteiger partial charge in [-0.1, -0.05) is 18.5 Å². The molecule has 0 aliphatic rings. The summed E-state index contributed by atoms with van der Waals surface area (Å²) in [5.41, 5.74) is 0.810. The van der Waals surface area contributed by atoms with E-state index in [-0.39, 0.29) is 11.1 Å². The van der Waals surface area contributed by atoms with E-state index in [1.54, 1.807) is 18.2 Å². The molecule has 0 aliphatic heterocycles. The molecule has 0 aliphatic carbocycles. The van der Waals surface area contributed by atoms with Crippen LogP contribution in [0.4, 0.5) is 5.69 Å². The van der Waals surface area contributed by atoms with Crippen LogP contribution in [0.15, 0.2) is 18.2 Å². The summed E-state index contributed by atoms with van der Waals surface area (Å²) in [6.07, 6.45) is 0.912. The average molecular weight is 256 g/mol. The SMILES string of the molecule is CCC(C)(C)N(C)c1cc(Cl)ccc1C(=O)O. The number of hydrogen-bond acceptors (Lipinski definition) is 2. The first kappa shape index (κ1) is 13.8. The van der Waals surface area contributed by atoms with E-state index in [4.69, 9.17) is 11.6 Å². The Bertz CT molecular complexity index is 429. The van der Waals surface area contributed by atoms with Crippen molar-refractivity contribution in [2.75, 3.05) is 11.9 Å². The van der Waals surface area contributed by atoms with Crippen LogP contribution in [0.3, 0.4) is 0 Å². The Morgan fingerprint density at radius 2 is 2.06 bits per heavy atom. The Morgan fingerprint density at radius 3 is 2.53 bits per heavy atom. The van der Waals surface area contributed by atoms with Gasteiger partial charge in [0.05, 0.1) is 11.3 Å². The van der Waals surface area contributed by atoms with Gasteiger partial charge in [0.25, 0.3) is 0 Å². The Hall–Kier alpha value is -1.22. The Balaban J connectivity index is 3.29. The smallest absolute Gasteiger partial charge is 0.337 e. The molecule has 0 atom stereocenters. The maximum atomic E-state index is 11.2. The minimum atomic E-state index is -0.935. The molecular formula is C13H18ClNO2. The Morgan fingerprint density at radius 1 is 1.47 bits per heavy atom. The van der Waals surface area contributed by atoms with Crippen LogP contribution < -0.4 is 4.90 Å². The van der Waals surface area contributed by atoms with Crippen LogP contribution in [-0.4, -0.2) is 23.7 Å². The predicted molar refractivity (Wildman–Crippen MR) is 71.2 cm³/mol. The van der Waals surface area contributed by atoms with Crippen LogP contribution in [0, 0.1) is 0 Å². The van der Waals surface area contributed by atoms with E-state index in [1.807, 2.05) is 11.9 Å². The number of benzene rings is 1. The number of carboxylic acid groups (broad SMARTS) is 1. The molecule has 0 bridgehead atoms. The summed E-state index contributed by atoms with van der Waals surface area (Å²) in [5.74, 6) is -0.935. The second-order valence-corrected chi connectivity index (χ2v) is 5.13. The second-order valence-electron chi connectivity index (χ2n) is 4.69. The molecule has 0 saturated heterocycles. The van der Waals surface area contributed by atoms with Crippen molar-refractivity contribution < 1.29 is 9.90 Å². The molecule has 0 fully saturated rings. The number of rotatable bonds is 4. The minimum Gasteiger partial charge on any atom is -0.478 e. The van der Waals surface area contributed by atoms with Crippen molar-refractivity contribution >= 4 is 23.3 Å². The van der Waals surface area contributed by atoms with E-state index in [9.17, 15) is 9.90 Å². The zero-order valence-electron chi connectivity index (χ0n) is 10.6. The summed E-state index contributed by atoms with van der Waals surface area (Å²) in [5, 5.41) is 9.72. The molecule has 1 rings (SSSR count). The Labute approximate surface area is 107 Å². The van der Waals surface area contributed by atoms with Gasteiger partial charge in [0, 0.05) is 17.6 Å². The van der Waals surface area contributed by atoms with Crippen molar-refractivity contribution in [2.45, 2.75) is 32.7 Å². The van der Waals surface area contributed by atoms with E-state index < -0.39 is 5.97 Å². The summed E-state index contributed by atoms with van der Waals surface area (Å²) in [4.78, 5) is 13.1. The second kappa shape index (κ2) is 4.96. The van der Waals surface area contributed by atoms with Crippen LogP contribution in [-0.2, 0) is 0 Å². The van der Waals surface area contributed by atoms with E-state index in [0.717, 1.165) is 6.42 Å². The molecule has 0 amide bonds. The van der Waals surface area contributed by atoms with Gasteiger partial charge >= 0.3 is 5.97 Å². The predicted octanol–water partition coefficient (Wildman–Crippen LogP) is 3.66. The van der Waals surface area contributed by atoms with Gasteiger partial charge in [0.2, 0.25) is 0 Å². The fourth-order valence-electron chi connectivity index (χ4n) is 1.53. The minimum absolute atomic E-state index is 0.116. The van der Waals surface area contributed by atoms with Gasteiger partial charge in [-0.15, -0.1) is 0 Å². The first-order chi connectivity index (χ1) is 7.79. The van der Waals surface area contributed by atoms with Gasteiger partial charge in [-0.3, -0.25) is 0 Å². The largest absolute Gasteiger partial charge is 0.478 e. The first-order valence-electron chi connectivity index (χ1n) is 5.56. The van der Waals surface area contributed by atoms with Gasteiger partial charge in [0.15, 0.2) is 0 Å². The van der Waals surface area contributed by atoms with Crippen LogP contribution >= 0.6 is 11.6 Å². The molecule has 1 N–H and O–H groups in total. The molecule has 0 radical (unpaired) electrons. The standard InChI is InChI=1S/C13H18ClNO2/c1-5-13(2,3)15(4)11-8-9(14)6-7-10(11)12(16)17/h6-8H,5H2,1-4H3,(H,16,17). The molecular weight excluding hydrogens is 238 g/mol. The number of carbonyl (C=O) groups is 1. The van der Waals surface area contributed by atoms with Gasteiger partial charge in [-0.2, -0.15) is 0 Å². The molecule has 0 unspecified atom stereocenters. The van der Waals surface area contributed by atoms with Crippen LogP contribution in [0.1, 0.15) is 37.6 Å². The highest BCUT2D eigenvalue weighted by Crippen LogP contribution is 2.30. The molecule has 0 heterocycles. The summed E-state index contributed by atoms with van der Waals surface area (Å²) in [6.45, 7) is 6.21. The molecule has 1 aromatic rings. The molecule has 3 nitrogen and oxygen atoms in total. The first-order valence-corrected chi connectivity index (χ1v) is 5.94. The number of halogens is 1.